The number of carbonyl (C=O) groups excluding carboxylic acids is 2. The number of benzene rings is 1. The first-order chi connectivity index (χ1) is 12.3. The summed E-state index contributed by atoms with van der Waals surface area (Å²) >= 11 is 0. The van der Waals surface area contributed by atoms with Gasteiger partial charge in [-0.05, 0) is 45.4 Å². The lowest BCUT2D eigenvalue weighted by Crippen LogP contribution is -2.28. The number of ether oxygens (including phenoxy) is 2. The smallest absolute Gasteiger partial charge is 0.343 e. The van der Waals surface area contributed by atoms with Crippen molar-refractivity contribution in [3.05, 3.63) is 56.9 Å². The molecule has 0 saturated carbocycles. The van der Waals surface area contributed by atoms with Gasteiger partial charge < -0.3 is 14.6 Å². The molecule has 0 unspecified atom stereocenters. The van der Waals surface area contributed by atoms with Gasteiger partial charge in [0.25, 0.3) is 5.56 Å². The Morgan fingerprint density at radius 3 is 2.12 bits per heavy atom. The molecule has 1 aromatic heterocycles. The number of rotatable bonds is 5. The first-order valence-corrected chi connectivity index (χ1v) is 8.22. The molecular formula is C19H21NO6. The monoisotopic (exact) mass is 359 g/mol. The number of aromatic nitrogens is 1. The fraction of sp³-hybridized carbons (Fsp3) is 0.316. The minimum atomic E-state index is -0.874. The van der Waals surface area contributed by atoms with Gasteiger partial charge in [-0.3, -0.25) is 4.79 Å². The maximum Gasteiger partial charge on any atom is 0.343 e. The molecule has 26 heavy (non-hydrogen) atoms. The second-order valence-electron chi connectivity index (χ2n) is 5.67. The zero-order valence-electron chi connectivity index (χ0n) is 15.2. The first-order valence-electron chi connectivity index (χ1n) is 8.22. The Morgan fingerprint density at radius 2 is 1.58 bits per heavy atom. The minimum absolute atomic E-state index is 0.0669. The van der Waals surface area contributed by atoms with Crippen molar-refractivity contribution >= 4 is 11.9 Å². The Kier molecular flexibility index (Phi) is 5.82. The molecule has 0 spiro atoms. The Balaban J connectivity index is 2.82. The minimum Gasteiger partial charge on any atom is -0.494 e. The van der Waals surface area contributed by atoms with Crippen LogP contribution in [0.5, 0.6) is 5.88 Å². The van der Waals surface area contributed by atoms with Gasteiger partial charge in [-0.15, -0.1) is 0 Å². The SMILES string of the molecule is CCOC(=O)c1cc(C(=O)OCC)c(=O)n(-c2ccc(C)cc2C)c1O. The molecule has 0 amide bonds. The third kappa shape index (κ3) is 3.61. The summed E-state index contributed by atoms with van der Waals surface area (Å²) in [4.78, 5) is 37.2. The van der Waals surface area contributed by atoms with Gasteiger partial charge in [0.15, 0.2) is 0 Å². The average Bonchev–Trinajstić information content (AvgIpc) is 2.57. The van der Waals surface area contributed by atoms with Gasteiger partial charge in [0.1, 0.15) is 11.1 Å². The van der Waals surface area contributed by atoms with Crippen LogP contribution in [0.1, 0.15) is 45.7 Å². The summed E-state index contributed by atoms with van der Waals surface area (Å²) in [6.07, 6.45) is 0. The maximum absolute atomic E-state index is 12.8. The van der Waals surface area contributed by atoms with E-state index in [4.69, 9.17) is 9.47 Å². The number of hydrogen-bond donors (Lipinski definition) is 1. The third-order valence-corrected chi connectivity index (χ3v) is 3.76. The van der Waals surface area contributed by atoms with E-state index in [0.717, 1.165) is 16.2 Å². The summed E-state index contributed by atoms with van der Waals surface area (Å²) in [6.45, 7) is 7.01. The average molecular weight is 359 g/mol. The normalized spacial score (nSPS) is 10.5. The molecule has 1 N–H and O–H groups in total. The van der Waals surface area contributed by atoms with Crippen molar-refractivity contribution in [3.63, 3.8) is 0 Å². The Morgan fingerprint density at radius 1 is 1.00 bits per heavy atom. The molecule has 0 bridgehead atoms. The van der Waals surface area contributed by atoms with Gasteiger partial charge in [0, 0.05) is 0 Å². The molecule has 0 radical (unpaired) electrons. The quantitative estimate of drug-likeness (QED) is 0.824. The molecule has 0 aliphatic rings. The Labute approximate surface area is 150 Å². The van der Waals surface area contributed by atoms with E-state index in [9.17, 15) is 19.5 Å². The van der Waals surface area contributed by atoms with Gasteiger partial charge in [-0.1, -0.05) is 17.7 Å². The van der Waals surface area contributed by atoms with Crippen molar-refractivity contribution in [2.24, 2.45) is 0 Å². The molecule has 1 heterocycles. The van der Waals surface area contributed by atoms with Gasteiger partial charge in [0.2, 0.25) is 5.88 Å². The number of aryl methyl sites for hydroxylation is 2. The van der Waals surface area contributed by atoms with Crippen LogP contribution < -0.4 is 5.56 Å². The number of aromatic hydroxyl groups is 1. The van der Waals surface area contributed by atoms with Gasteiger partial charge >= 0.3 is 11.9 Å². The molecule has 138 valence electrons. The number of esters is 2. The van der Waals surface area contributed by atoms with Crippen molar-refractivity contribution in [2.75, 3.05) is 13.2 Å². The van der Waals surface area contributed by atoms with Crippen LogP contribution in [0.15, 0.2) is 29.1 Å². The van der Waals surface area contributed by atoms with Crippen LogP contribution in [0.4, 0.5) is 0 Å². The largest absolute Gasteiger partial charge is 0.494 e. The van der Waals surface area contributed by atoms with Crippen LogP contribution in [-0.2, 0) is 9.47 Å². The summed E-state index contributed by atoms with van der Waals surface area (Å²) in [6, 6.07) is 6.22. The number of hydrogen-bond acceptors (Lipinski definition) is 6. The molecule has 0 saturated heterocycles. The van der Waals surface area contributed by atoms with Gasteiger partial charge in [0.05, 0.1) is 18.9 Å². The van der Waals surface area contributed by atoms with Crippen molar-refractivity contribution in [2.45, 2.75) is 27.7 Å². The summed E-state index contributed by atoms with van der Waals surface area (Å²) in [5.41, 5.74) is 0.599. The maximum atomic E-state index is 12.8. The van der Waals surface area contributed by atoms with Crippen LogP contribution >= 0.6 is 0 Å². The van der Waals surface area contributed by atoms with E-state index in [2.05, 4.69) is 0 Å². The Hall–Kier alpha value is -3.09. The molecule has 0 fully saturated rings. The first kappa shape index (κ1) is 19.2. The van der Waals surface area contributed by atoms with E-state index >= 15 is 0 Å². The van der Waals surface area contributed by atoms with Crippen molar-refractivity contribution in [1.29, 1.82) is 0 Å². The summed E-state index contributed by atoms with van der Waals surface area (Å²) in [7, 11) is 0. The zero-order valence-corrected chi connectivity index (χ0v) is 15.2. The van der Waals surface area contributed by atoms with E-state index in [0.29, 0.717) is 11.3 Å². The second-order valence-corrected chi connectivity index (χ2v) is 5.67. The molecule has 0 aliphatic carbocycles. The van der Waals surface area contributed by atoms with E-state index in [1.54, 1.807) is 32.9 Å². The zero-order chi connectivity index (χ0) is 19.4. The lowest BCUT2D eigenvalue weighted by molar-refractivity contribution is 0.0519. The van der Waals surface area contributed by atoms with Crippen molar-refractivity contribution < 1.29 is 24.2 Å². The fourth-order valence-electron chi connectivity index (χ4n) is 2.60. The fourth-order valence-corrected chi connectivity index (χ4v) is 2.60. The summed E-state index contributed by atoms with van der Waals surface area (Å²) < 4.78 is 10.7. The molecular weight excluding hydrogens is 338 g/mol. The predicted octanol–water partition coefficient (Wildman–Crippen LogP) is 2.51. The molecule has 0 atom stereocenters. The van der Waals surface area contributed by atoms with Crippen molar-refractivity contribution in [3.8, 4) is 11.6 Å². The molecule has 2 aromatic rings. The van der Waals surface area contributed by atoms with Crippen LogP contribution in [0.25, 0.3) is 5.69 Å². The number of nitrogens with zero attached hydrogens (tertiary/aromatic N) is 1. The van der Waals surface area contributed by atoms with E-state index in [1.165, 1.54) is 0 Å². The van der Waals surface area contributed by atoms with Gasteiger partial charge in [-0.25, -0.2) is 14.2 Å². The highest BCUT2D eigenvalue weighted by atomic mass is 16.5. The van der Waals surface area contributed by atoms with Crippen LogP contribution in [0.3, 0.4) is 0 Å². The molecule has 0 aliphatic heterocycles. The molecule has 1 aromatic carbocycles. The standard InChI is InChI=1S/C19H21NO6/c1-5-25-18(23)13-10-14(19(24)26-6-2)17(22)20(16(13)21)15-8-7-11(3)9-12(15)4/h7-10,21H,5-6H2,1-4H3. The molecule has 7 heteroatoms. The summed E-state index contributed by atoms with van der Waals surface area (Å²) in [5.74, 6) is -2.30. The highest BCUT2D eigenvalue weighted by molar-refractivity contribution is 5.96. The number of pyridine rings is 1. The predicted molar refractivity (Wildman–Crippen MR) is 95.1 cm³/mol. The Bertz CT molecular complexity index is 913. The second kappa shape index (κ2) is 7.86. The molecule has 7 nitrogen and oxygen atoms in total. The number of carbonyl (C=O) groups is 2. The van der Waals surface area contributed by atoms with E-state index in [1.807, 2.05) is 13.0 Å². The van der Waals surface area contributed by atoms with Crippen molar-refractivity contribution in [1.82, 2.24) is 4.57 Å². The van der Waals surface area contributed by atoms with Crippen LogP contribution in [-0.4, -0.2) is 34.8 Å². The lowest BCUT2D eigenvalue weighted by Gasteiger charge is -2.16. The van der Waals surface area contributed by atoms with Gasteiger partial charge in [-0.2, -0.15) is 0 Å². The lowest BCUT2D eigenvalue weighted by atomic mass is 10.1. The summed E-state index contributed by atoms with van der Waals surface area (Å²) in [5, 5.41) is 10.6. The highest BCUT2D eigenvalue weighted by Crippen LogP contribution is 2.24. The third-order valence-electron chi connectivity index (χ3n) is 3.76. The van der Waals surface area contributed by atoms with E-state index in [-0.39, 0.29) is 24.3 Å². The van der Waals surface area contributed by atoms with Crippen LogP contribution in [0.2, 0.25) is 0 Å². The van der Waals surface area contributed by atoms with Crippen LogP contribution in [0, 0.1) is 13.8 Å². The highest BCUT2D eigenvalue weighted by Gasteiger charge is 2.25. The van der Waals surface area contributed by atoms with E-state index < -0.39 is 23.4 Å². The topological polar surface area (TPSA) is 94.8 Å². The molecule has 2 rings (SSSR count).